The fourth-order valence-electron chi connectivity index (χ4n) is 5.04. The molecule has 0 aromatic rings. The Kier molecular flexibility index (Phi) is 7.94. The van der Waals surface area contributed by atoms with Crippen LogP contribution in [0.3, 0.4) is 0 Å². The highest BCUT2D eigenvalue weighted by Gasteiger charge is 2.31. The Morgan fingerprint density at radius 1 is 1.00 bits per heavy atom. The molecule has 6 nitrogen and oxygen atoms in total. The van der Waals surface area contributed by atoms with Gasteiger partial charge in [0.2, 0.25) is 5.91 Å². The third kappa shape index (κ3) is 6.18. The topological polar surface area (TPSA) is 70.7 Å². The molecule has 3 aliphatic rings. The van der Waals surface area contributed by atoms with E-state index < -0.39 is 0 Å². The van der Waals surface area contributed by atoms with Gasteiger partial charge in [-0.25, -0.2) is 0 Å². The van der Waals surface area contributed by atoms with Crippen molar-refractivity contribution in [3.63, 3.8) is 0 Å². The third-order valence-corrected chi connectivity index (χ3v) is 6.90. The molecular formula is C21H37N3O3. The monoisotopic (exact) mass is 379 g/mol. The minimum atomic E-state index is -0.110. The highest BCUT2D eigenvalue weighted by molar-refractivity contribution is 5.79. The first-order chi connectivity index (χ1) is 13.2. The molecule has 2 saturated heterocycles. The molecule has 1 aliphatic carbocycles. The molecule has 2 aliphatic heterocycles. The van der Waals surface area contributed by atoms with Gasteiger partial charge in [0.1, 0.15) is 0 Å². The SMILES string of the molecule is COC(=O)CCC1CCC(NC(=O)C2CCN(C3CCNCC3)CC2)CC1. The van der Waals surface area contributed by atoms with E-state index >= 15 is 0 Å². The van der Waals surface area contributed by atoms with Crippen molar-refractivity contribution in [2.75, 3.05) is 33.3 Å². The number of piperidine rings is 2. The molecule has 27 heavy (non-hydrogen) atoms. The van der Waals surface area contributed by atoms with Crippen molar-refractivity contribution >= 4 is 11.9 Å². The van der Waals surface area contributed by atoms with E-state index in [1.807, 2.05) is 0 Å². The Morgan fingerprint density at radius 3 is 2.30 bits per heavy atom. The zero-order chi connectivity index (χ0) is 19.1. The first-order valence-corrected chi connectivity index (χ1v) is 11.0. The second-order valence-corrected chi connectivity index (χ2v) is 8.63. The largest absolute Gasteiger partial charge is 0.469 e. The van der Waals surface area contributed by atoms with Gasteiger partial charge in [0.15, 0.2) is 0 Å². The number of ether oxygens (including phenoxy) is 1. The fourth-order valence-corrected chi connectivity index (χ4v) is 5.04. The highest BCUT2D eigenvalue weighted by Crippen LogP contribution is 2.29. The van der Waals surface area contributed by atoms with Crippen LogP contribution < -0.4 is 10.6 Å². The maximum Gasteiger partial charge on any atom is 0.305 e. The quantitative estimate of drug-likeness (QED) is 0.692. The van der Waals surface area contributed by atoms with Crippen LogP contribution in [-0.4, -0.2) is 62.1 Å². The summed E-state index contributed by atoms with van der Waals surface area (Å²) >= 11 is 0. The molecule has 2 heterocycles. The molecule has 0 aromatic heterocycles. The minimum Gasteiger partial charge on any atom is -0.469 e. The van der Waals surface area contributed by atoms with E-state index in [0.717, 1.165) is 77.2 Å². The van der Waals surface area contributed by atoms with Crippen LogP contribution in [0.5, 0.6) is 0 Å². The van der Waals surface area contributed by atoms with Crippen molar-refractivity contribution in [2.24, 2.45) is 11.8 Å². The van der Waals surface area contributed by atoms with Crippen LogP contribution in [0.2, 0.25) is 0 Å². The molecule has 6 heteroatoms. The first-order valence-electron chi connectivity index (χ1n) is 11.0. The lowest BCUT2D eigenvalue weighted by Crippen LogP contribution is -2.49. The smallest absolute Gasteiger partial charge is 0.305 e. The molecule has 0 atom stereocenters. The summed E-state index contributed by atoms with van der Waals surface area (Å²) in [7, 11) is 1.45. The van der Waals surface area contributed by atoms with Gasteiger partial charge in [-0.15, -0.1) is 0 Å². The number of amides is 1. The van der Waals surface area contributed by atoms with E-state index in [9.17, 15) is 9.59 Å². The number of carbonyl (C=O) groups is 2. The summed E-state index contributed by atoms with van der Waals surface area (Å²) in [5, 5.41) is 6.75. The molecular weight excluding hydrogens is 342 g/mol. The van der Waals surface area contributed by atoms with Crippen molar-refractivity contribution < 1.29 is 14.3 Å². The lowest BCUT2D eigenvalue weighted by atomic mass is 9.83. The van der Waals surface area contributed by atoms with Crippen LogP contribution in [0.15, 0.2) is 0 Å². The van der Waals surface area contributed by atoms with Crippen molar-refractivity contribution in [3.8, 4) is 0 Å². The normalized spacial score (nSPS) is 28.6. The van der Waals surface area contributed by atoms with Crippen molar-refractivity contribution in [3.05, 3.63) is 0 Å². The van der Waals surface area contributed by atoms with Crippen LogP contribution in [0, 0.1) is 11.8 Å². The maximum absolute atomic E-state index is 12.7. The van der Waals surface area contributed by atoms with Gasteiger partial charge in [0.05, 0.1) is 7.11 Å². The zero-order valence-corrected chi connectivity index (χ0v) is 16.9. The minimum absolute atomic E-state index is 0.110. The van der Waals surface area contributed by atoms with Crippen LogP contribution in [0.25, 0.3) is 0 Å². The lowest BCUT2D eigenvalue weighted by molar-refractivity contribution is -0.141. The fraction of sp³-hybridized carbons (Fsp3) is 0.905. The van der Waals surface area contributed by atoms with Gasteiger partial charge in [-0.1, -0.05) is 0 Å². The lowest BCUT2D eigenvalue weighted by Gasteiger charge is -2.39. The van der Waals surface area contributed by atoms with Gasteiger partial charge >= 0.3 is 5.97 Å². The van der Waals surface area contributed by atoms with E-state index in [-0.39, 0.29) is 17.8 Å². The van der Waals surface area contributed by atoms with Gasteiger partial charge in [0, 0.05) is 24.4 Å². The summed E-state index contributed by atoms with van der Waals surface area (Å²) in [6.07, 6.45) is 10.3. The predicted molar refractivity (Wildman–Crippen MR) is 105 cm³/mol. The Labute approximate surface area is 163 Å². The molecule has 1 amide bonds. The number of methoxy groups -OCH3 is 1. The standard InChI is InChI=1S/C21H37N3O3/c1-27-20(25)7-4-16-2-5-18(6-3-16)23-21(26)17-10-14-24(15-11-17)19-8-12-22-13-9-19/h16-19,22H,2-15H2,1H3,(H,23,26). The third-order valence-electron chi connectivity index (χ3n) is 6.90. The second kappa shape index (κ2) is 10.4. The molecule has 0 radical (unpaired) electrons. The van der Waals surface area contributed by atoms with E-state index in [1.165, 1.54) is 20.0 Å². The number of likely N-dealkylation sites (tertiary alicyclic amines) is 1. The molecule has 1 saturated carbocycles. The summed E-state index contributed by atoms with van der Waals surface area (Å²) in [5.74, 6) is 0.963. The molecule has 0 aromatic carbocycles. The summed E-state index contributed by atoms with van der Waals surface area (Å²) in [5.41, 5.74) is 0. The van der Waals surface area contributed by atoms with E-state index in [1.54, 1.807) is 0 Å². The van der Waals surface area contributed by atoms with Crippen LogP contribution >= 0.6 is 0 Å². The summed E-state index contributed by atoms with van der Waals surface area (Å²) < 4.78 is 4.73. The Bertz CT molecular complexity index is 477. The number of hydrogen-bond donors (Lipinski definition) is 2. The molecule has 3 rings (SSSR count). The second-order valence-electron chi connectivity index (χ2n) is 8.63. The number of nitrogens with zero attached hydrogens (tertiary/aromatic N) is 1. The molecule has 0 spiro atoms. The van der Waals surface area contributed by atoms with Gasteiger partial charge in [-0.05, 0) is 89.9 Å². The Balaban J connectivity index is 1.32. The molecule has 0 unspecified atom stereocenters. The molecule has 3 fully saturated rings. The maximum atomic E-state index is 12.7. The van der Waals surface area contributed by atoms with Gasteiger partial charge < -0.3 is 20.3 Å². The summed E-state index contributed by atoms with van der Waals surface area (Å²) in [6.45, 7) is 4.41. The Morgan fingerprint density at radius 2 is 1.67 bits per heavy atom. The summed E-state index contributed by atoms with van der Waals surface area (Å²) in [6, 6.07) is 1.05. The van der Waals surface area contributed by atoms with Gasteiger partial charge in [-0.3, -0.25) is 9.59 Å². The van der Waals surface area contributed by atoms with Gasteiger partial charge in [0.25, 0.3) is 0 Å². The number of esters is 1. The summed E-state index contributed by atoms with van der Waals surface area (Å²) in [4.78, 5) is 26.6. The predicted octanol–water partition coefficient (Wildman–Crippen LogP) is 2.08. The van der Waals surface area contributed by atoms with E-state index in [2.05, 4.69) is 15.5 Å². The molecule has 154 valence electrons. The van der Waals surface area contributed by atoms with Crippen LogP contribution in [0.1, 0.15) is 64.2 Å². The first kappa shape index (κ1) is 20.6. The Hall–Kier alpha value is -1.14. The molecule has 2 N–H and O–H groups in total. The van der Waals surface area contributed by atoms with Crippen molar-refractivity contribution in [1.29, 1.82) is 0 Å². The number of rotatable bonds is 6. The zero-order valence-electron chi connectivity index (χ0n) is 16.9. The van der Waals surface area contributed by atoms with Gasteiger partial charge in [-0.2, -0.15) is 0 Å². The van der Waals surface area contributed by atoms with Crippen LogP contribution in [-0.2, 0) is 14.3 Å². The number of carbonyl (C=O) groups excluding carboxylic acids is 2. The average Bonchev–Trinajstić information content (AvgIpc) is 2.73. The number of hydrogen-bond acceptors (Lipinski definition) is 5. The number of nitrogens with one attached hydrogen (secondary N) is 2. The highest BCUT2D eigenvalue weighted by atomic mass is 16.5. The molecule has 0 bridgehead atoms. The van der Waals surface area contributed by atoms with Crippen molar-refractivity contribution in [2.45, 2.75) is 76.3 Å². The van der Waals surface area contributed by atoms with E-state index in [0.29, 0.717) is 18.4 Å². The van der Waals surface area contributed by atoms with E-state index in [4.69, 9.17) is 4.74 Å². The van der Waals surface area contributed by atoms with Crippen molar-refractivity contribution in [1.82, 2.24) is 15.5 Å². The average molecular weight is 380 g/mol. The van der Waals surface area contributed by atoms with Crippen LogP contribution in [0.4, 0.5) is 0 Å².